The van der Waals surface area contributed by atoms with Gasteiger partial charge >= 0.3 is 0 Å². The van der Waals surface area contributed by atoms with Crippen LogP contribution in [0, 0.1) is 50.0 Å². The number of nitrogens with one attached hydrogen (secondary N) is 1. The van der Waals surface area contributed by atoms with Crippen molar-refractivity contribution in [3.63, 3.8) is 0 Å². The topological polar surface area (TPSA) is 63.4 Å². The van der Waals surface area contributed by atoms with E-state index in [-0.39, 0.29) is 56.0 Å². The van der Waals surface area contributed by atoms with Crippen molar-refractivity contribution in [3.8, 4) is 0 Å². The smallest absolute Gasteiger partial charge is 0.251 e. The number of carbonyl (C=O) groups excluding carboxylic acids is 1. The first kappa shape index (κ1) is 22.1. The van der Waals surface area contributed by atoms with Crippen LogP contribution < -0.4 is 5.32 Å². The van der Waals surface area contributed by atoms with Crippen molar-refractivity contribution in [2.75, 3.05) is 13.1 Å². The van der Waals surface area contributed by atoms with Gasteiger partial charge in [-0.25, -0.2) is 0 Å². The number of carbonyl (C=O) groups is 1. The van der Waals surface area contributed by atoms with Gasteiger partial charge in [0, 0.05) is 49.6 Å². The Hall–Kier alpha value is 0.0516. The zero-order chi connectivity index (χ0) is 15.7. The van der Waals surface area contributed by atoms with Crippen LogP contribution in [0.2, 0.25) is 0 Å². The normalized spacial score (nSPS) is 13.3. The second kappa shape index (κ2) is 12.5. The van der Waals surface area contributed by atoms with E-state index in [1.807, 2.05) is 25.1 Å². The molecular formula is C17H27AcN2O2-. The molecule has 1 radical (unpaired) electrons. The van der Waals surface area contributed by atoms with Gasteiger partial charge in [-0.15, -0.1) is 6.54 Å². The minimum atomic E-state index is -0.560. The van der Waals surface area contributed by atoms with E-state index < -0.39 is 6.10 Å². The average Bonchev–Trinajstić information content (AvgIpc) is 2.47. The summed E-state index contributed by atoms with van der Waals surface area (Å²) in [5, 5.41) is 17.5. The Morgan fingerprint density at radius 1 is 1.27 bits per heavy atom. The first-order valence-corrected chi connectivity index (χ1v) is 7.71. The Balaban J connectivity index is 0.00000441. The fraction of sp³-hybridized carbons (Fsp3) is 0.588. The van der Waals surface area contributed by atoms with Gasteiger partial charge < -0.3 is 15.7 Å². The van der Waals surface area contributed by atoms with Crippen molar-refractivity contribution in [2.45, 2.75) is 45.8 Å². The van der Waals surface area contributed by atoms with Crippen molar-refractivity contribution in [1.29, 1.82) is 0 Å². The molecule has 1 amide bonds. The minimum Gasteiger partial charge on any atom is -0.662 e. The van der Waals surface area contributed by atoms with Crippen LogP contribution in [-0.2, 0) is 0 Å². The second-order valence-corrected chi connectivity index (χ2v) is 5.69. The number of rotatable bonds is 9. The summed E-state index contributed by atoms with van der Waals surface area (Å²) < 4.78 is 0. The summed E-state index contributed by atoms with van der Waals surface area (Å²) >= 11 is 0. The molecule has 0 aliphatic heterocycles. The van der Waals surface area contributed by atoms with Crippen molar-refractivity contribution in [3.05, 3.63) is 41.2 Å². The van der Waals surface area contributed by atoms with Crippen molar-refractivity contribution < 1.29 is 54.0 Å². The Labute approximate surface area is 170 Å². The summed E-state index contributed by atoms with van der Waals surface area (Å²) in [4.78, 5) is 12.2. The average molecular weight is 518 g/mol. The molecule has 0 spiro atoms. The molecule has 1 aromatic rings. The second-order valence-electron chi connectivity index (χ2n) is 5.69. The van der Waals surface area contributed by atoms with E-state index in [1.165, 1.54) is 0 Å². The third-order valence-corrected chi connectivity index (χ3v) is 3.35. The number of hydrogen-bond acceptors (Lipinski definition) is 2. The van der Waals surface area contributed by atoms with Gasteiger partial charge in [0.05, 0.1) is 12.1 Å². The third-order valence-electron chi connectivity index (χ3n) is 3.35. The molecule has 5 heteroatoms. The third kappa shape index (κ3) is 8.62. The largest absolute Gasteiger partial charge is 0.662 e. The Kier molecular flexibility index (Phi) is 12.5. The van der Waals surface area contributed by atoms with Crippen LogP contribution in [0.4, 0.5) is 0 Å². The van der Waals surface area contributed by atoms with Gasteiger partial charge in [-0.05, 0) is 30.9 Å². The molecule has 0 aromatic heterocycles. The number of amides is 1. The van der Waals surface area contributed by atoms with E-state index in [9.17, 15) is 9.90 Å². The molecule has 1 rings (SSSR count). The van der Waals surface area contributed by atoms with Crippen molar-refractivity contribution >= 4 is 5.91 Å². The molecular weight excluding hydrogens is 491 g/mol. The Morgan fingerprint density at radius 3 is 2.45 bits per heavy atom. The molecule has 2 N–H and O–H groups in total. The molecule has 0 bridgehead atoms. The van der Waals surface area contributed by atoms with E-state index in [0.717, 1.165) is 13.0 Å². The minimum absolute atomic E-state index is 0. The first-order chi connectivity index (χ1) is 10.0. The summed E-state index contributed by atoms with van der Waals surface area (Å²) in [6, 6.07) is 8.88. The van der Waals surface area contributed by atoms with Gasteiger partial charge in [-0.3, -0.25) is 4.79 Å². The molecule has 22 heavy (non-hydrogen) atoms. The molecule has 2 atom stereocenters. The fourth-order valence-electron chi connectivity index (χ4n) is 2.24. The maximum Gasteiger partial charge on any atom is 0.251 e. The van der Waals surface area contributed by atoms with Crippen LogP contribution >= 0.6 is 0 Å². The van der Waals surface area contributed by atoms with Gasteiger partial charge in [0.2, 0.25) is 0 Å². The van der Waals surface area contributed by atoms with E-state index in [2.05, 4.69) is 24.5 Å². The van der Waals surface area contributed by atoms with Crippen LogP contribution in [0.25, 0.3) is 5.32 Å². The number of aliphatic hydroxyl groups excluding tert-OH is 1. The molecule has 0 saturated carbocycles. The van der Waals surface area contributed by atoms with Crippen molar-refractivity contribution in [1.82, 2.24) is 5.32 Å². The number of aliphatic hydroxyl groups is 1. The molecule has 4 nitrogen and oxygen atoms in total. The Bertz CT molecular complexity index is 412. The van der Waals surface area contributed by atoms with Gasteiger partial charge in [0.15, 0.2) is 0 Å². The van der Waals surface area contributed by atoms with Crippen LogP contribution in [0.1, 0.15) is 44.0 Å². The monoisotopic (exact) mass is 518 g/mol. The maximum absolute atomic E-state index is 12.2. The number of benzene rings is 1. The first-order valence-electron chi connectivity index (χ1n) is 7.71. The van der Waals surface area contributed by atoms with E-state index in [4.69, 9.17) is 0 Å². The molecule has 1 aromatic carbocycles. The fourth-order valence-corrected chi connectivity index (χ4v) is 2.24. The summed E-state index contributed by atoms with van der Waals surface area (Å²) in [6.07, 6.45) is 0.780. The molecule has 0 heterocycles. The Morgan fingerprint density at radius 2 is 1.91 bits per heavy atom. The van der Waals surface area contributed by atoms with Crippen LogP contribution in [0.15, 0.2) is 30.3 Å². The van der Waals surface area contributed by atoms with E-state index >= 15 is 0 Å². The number of hydrogen-bond donors (Lipinski definition) is 2. The zero-order valence-corrected chi connectivity index (χ0v) is 18.6. The summed E-state index contributed by atoms with van der Waals surface area (Å²) in [5.41, 5.74) is 0.622. The SMILES string of the molecule is CC[N-]CCC(O)C(CC(C)C)NC(=O)c1ccccc1.[Ac]. The quantitative estimate of drug-likeness (QED) is 0.494. The zero-order valence-electron chi connectivity index (χ0n) is 13.8. The van der Waals surface area contributed by atoms with Crippen LogP contribution in [0.5, 0.6) is 0 Å². The predicted molar refractivity (Wildman–Crippen MR) is 86.5 cm³/mol. The predicted octanol–water partition coefficient (Wildman–Crippen LogP) is 2.98. The molecule has 0 fully saturated rings. The summed E-state index contributed by atoms with van der Waals surface area (Å²) in [7, 11) is 0. The van der Waals surface area contributed by atoms with Gasteiger partial charge in [0.25, 0.3) is 5.91 Å². The standard InChI is InChI=1S/C17H27N2O2.Ac/c1-4-18-11-10-16(20)15(12-13(2)3)19-17(21)14-8-6-5-7-9-14;/h5-9,13,15-16,20H,4,10-12H2,1-3H3,(H,19,21);/q-1;. The maximum atomic E-state index is 12.2. The summed E-state index contributed by atoms with van der Waals surface area (Å²) in [6.45, 7) is 7.55. The van der Waals surface area contributed by atoms with E-state index in [1.54, 1.807) is 12.1 Å². The number of nitrogens with zero attached hydrogens (tertiary/aromatic N) is 1. The van der Waals surface area contributed by atoms with Crippen molar-refractivity contribution in [2.24, 2.45) is 5.92 Å². The van der Waals surface area contributed by atoms with Crippen LogP contribution in [-0.4, -0.2) is 36.2 Å². The van der Waals surface area contributed by atoms with E-state index in [0.29, 0.717) is 24.4 Å². The molecule has 121 valence electrons. The van der Waals surface area contributed by atoms with Gasteiger partial charge in [-0.1, -0.05) is 39.0 Å². The molecule has 2 unspecified atom stereocenters. The van der Waals surface area contributed by atoms with Gasteiger partial charge in [-0.2, -0.15) is 6.54 Å². The van der Waals surface area contributed by atoms with Gasteiger partial charge in [0.1, 0.15) is 0 Å². The van der Waals surface area contributed by atoms with Crippen LogP contribution in [0.3, 0.4) is 0 Å². The molecule has 0 aliphatic carbocycles. The molecule has 0 saturated heterocycles. The summed E-state index contributed by atoms with van der Waals surface area (Å²) in [5.74, 6) is 0.275. The molecule has 0 aliphatic rings.